The van der Waals surface area contributed by atoms with Crippen LogP contribution in [-0.2, 0) is 4.79 Å². The van der Waals surface area contributed by atoms with Crippen LogP contribution in [0.4, 0.5) is 0 Å². The molecule has 0 heterocycles. The molecule has 0 radical (unpaired) electrons. The largest absolute Gasteiger partial charge is 0.494 e. The molecule has 5 nitrogen and oxygen atoms in total. The minimum atomic E-state index is -0.361. The van der Waals surface area contributed by atoms with Crippen LogP contribution < -0.4 is 14.9 Å². The van der Waals surface area contributed by atoms with Crippen LogP contribution in [0.5, 0.6) is 11.5 Å². The van der Waals surface area contributed by atoms with E-state index in [0.717, 1.165) is 11.3 Å². The molecule has 0 aliphatic rings. The van der Waals surface area contributed by atoms with Gasteiger partial charge in [-0.2, -0.15) is 5.10 Å². The van der Waals surface area contributed by atoms with Crippen molar-refractivity contribution in [3.05, 3.63) is 59.1 Å². The van der Waals surface area contributed by atoms with Crippen LogP contribution in [0.15, 0.2) is 53.6 Å². The molecule has 0 saturated heterocycles. The second-order valence-corrected chi connectivity index (χ2v) is 5.32. The highest BCUT2D eigenvalue weighted by molar-refractivity contribution is 6.32. The summed E-state index contributed by atoms with van der Waals surface area (Å²) in [6, 6.07) is 14.5. The lowest BCUT2D eigenvalue weighted by Gasteiger charge is -2.07. The number of amides is 1. The van der Waals surface area contributed by atoms with Crippen LogP contribution in [-0.4, -0.2) is 24.8 Å². The summed E-state index contributed by atoms with van der Waals surface area (Å²) < 4.78 is 10.7. The number of carbonyl (C=O) groups excluding carboxylic acids is 1. The number of nitrogens with zero attached hydrogens (tertiary/aromatic N) is 1. The van der Waals surface area contributed by atoms with E-state index in [0.29, 0.717) is 23.1 Å². The van der Waals surface area contributed by atoms with Gasteiger partial charge in [-0.05, 0) is 55.8 Å². The van der Waals surface area contributed by atoms with Crippen LogP contribution >= 0.6 is 11.6 Å². The monoisotopic (exact) mass is 346 g/mol. The first kappa shape index (κ1) is 17.8. The van der Waals surface area contributed by atoms with Gasteiger partial charge in [-0.1, -0.05) is 23.7 Å². The molecule has 24 heavy (non-hydrogen) atoms. The molecule has 0 spiro atoms. The lowest BCUT2D eigenvalue weighted by molar-refractivity contribution is -0.123. The molecule has 126 valence electrons. The van der Waals surface area contributed by atoms with Gasteiger partial charge in [0.15, 0.2) is 6.61 Å². The molecule has 0 saturated carbocycles. The van der Waals surface area contributed by atoms with Crippen LogP contribution in [0.2, 0.25) is 5.02 Å². The van der Waals surface area contributed by atoms with Gasteiger partial charge < -0.3 is 9.47 Å². The number of rotatable bonds is 7. The van der Waals surface area contributed by atoms with E-state index in [1.54, 1.807) is 24.3 Å². The van der Waals surface area contributed by atoms with E-state index in [9.17, 15) is 4.79 Å². The molecule has 1 N–H and O–H groups in total. The molecule has 0 aliphatic carbocycles. The van der Waals surface area contributed by atoms with Gasteiger partial charge in [-0.15, -0.1) is 0 Å². The Labute approximate surface area is 146 Å². The van der Waals surface area contributed by atoms with E-state index in [1.807, 2.05) is 38.1 Å². The molecule has 2 aromatic rings. The van der Waals surface area contributed by atoms with Crippen molar-refractivity contribution in [1.82, 2.24) is 5.43 Å². The molecule has 1 amide bonds. The number of nitrogens with one attached hydrogen (secondary N) is 1. The van der Waals surface area contributed by atoms with E-state index >= 15 is 0 Å². The van der Waals surface area contributed by atoms with Gasteiger partial charge in [0.2, 0.25) is 0 Å². The Bertz CT molecular complexity index is 714. The average Bonchev–Trinajstić information content (AvgIpc) is 2.60. The molecule has 0 bridgehead atoms. The highest BCUT2D eigenvalue weighted by Gasteiger charge is 2.05. The van der Waals surface area contributed by atoms with E-state index in [-0.39, 0.29) is 12.5 Å². The van der Waals surface area contributed by atoms with Crippen molar-refractivity contribution in [1.29, 1.82) is 0 Å². The van der Waals surface area contributed by atoms with Crippen molar-refractivity contribution in [2.45, 2.75) is 13.8 Å². The molecular formula is C18H19ClN2O3. The summed E-state index contributed by atoms with van der Waals surface area (Å²) in [7, 11) is 0. The third-order valence-electron chi connectivity index (χ3n) is 3.13. The minimum absolute atomic E-state index is 0.163. The molecule has 6 heteroatoms. The lowest BCUT2D eigenvalue weighted by atomic mass is 10.1. The van der Waals surface area contributed by atoms with Crippen molar-refractivity contribution < 1.29 is 14.3 Å². The zero-order chi connectivity index (χ0) is 17.4. The number of hydrogen-bond donors (Lipinski definition) is 1. The van der Waals surface area contributed by atoms with Crippen molar-refractivity contribution in [3.8, 4) is 11.5 Å². The van der Waals surface area contributed by atoms with Gasteiger partial charge in [0.05, 0.1) is 17.3 Å². The maximum Gasteiger partial charge on any atom is 0.277 e. The number of halogens is 1. The minimum Gasteiger partial charge on any atom is -0.494 e. The number of hydrazone groups is 1. The smallest absolute Gasteiger partial charge is 0.277 e. The van der Waals surface area contributed by atoms with E-state index < -0.39 is 0 Å². The van der Waals surface area contributed by atoms with Crippen LogP contribution in [0.3, 0.4) is 0 Å². The zero-order valence-electron chi connectivity index (χ0n) is 13.6. The summed E-state index contributed by atoms with van der Waals surface area (Å²) in [5.74, 6) is 0.896. The molecule has 0 aliphatic heterocycles. The summed E-state index contributed by atoms with van der Waals surface area (Å²) >= 11 is 5.96. The molecule has 2 aromatic carbocycles. The van der Waals surface area contributed by atoms with E-state index in [2.05, 4.69) is 10.5 Å². The third-order valence-corrected chi connectivity index (χ3v) is 3.44. The first-order chi connectivity index (χ1) is 11.6. The summed E-state index contributed by atoms with van der Waals surface area (Å²) in [5.41, 5.74) is 4.04. The fourth-order valence-corrected chi connectivity index (χ4v) is 2.10. The first-order valence-electron chi connectivity index (χ1n) is 7.54. The number of benzene rings is 2. The number of carbonyl (C=O) groups is 1. The first-order valence-corrected chi connectivity index (χ1v) is 7.91. The molecular weight excluding hydrogens is 328 g/mol. The Balaban J connectivity index is 1.87. The van der Waals surface area contributed by atoms with Gasteiger partial charge in [-0.25, -0.2) is 5.43 Å². The zero-order valence-corrected chi connectivity index (χ0v) is 14.3. The van der Waals surface area contributed by atoms with Crippen molar-refractivity contribution in [3.63, 3.8) is 0 Å². The summed E-state index contributed by atoms with van der Waals surface area (Å²) in [6.45, 7) is 4.20. The van der Waals surface area contributed by atoms with Crippen LogP contribution in [0, 0.1) is 0 Å². The topological polar surface area (TPSA) is 59.9 Å². The molecule has 0 aromatic heterocycles. The number of ether oxygens (including phenoxy) is 2. The van der Waals surface area contributed by atoms with Crippen LogP contribution in [0.1, 0.15) is 19.4 Å². The van der Waals surface area contributed by atoms with E-state index in [4.69, 9.17) is 21.1 Å². The maximum atomic E-state index is 11.8. The predicted molar refractivity (Wildman–Crippen MR) is 94.9 cm³/mol. The number of para-hydroxylation sites is 1. The van der Waals surface area contributed by atoms with Crippen molar-refractivity contribution in [2.24, 2.45) is 5.10 Å². The fourth-order valence-electron chi connectivity index (χ4n) is 1.91. The molecule has 0 fully saturated rings. The van der Waals surface area contributed by atoms with Gasteiger partial charge in [0, 0.05) is 0 Å². The SMILES string of the molecule is CCOc1ccc(/C(C)=N\NC(=O)COc2ccccc2Cl)cc1. The Hall–Kier alpha value is -2.53. The average molecular weight is 347 g/mol. The second kappa shape index (κ2) is 8.93. The van der Waals surface area contributed by atoms with Crippen molar-refractivity contribution in [2.75, 3.05) is 13.2 Å². The molecule has 0 unspecified atom stereocenters. The number of hydrogen-bond acceptors (Lipinski definition) is 4. The Morgan fingerprint density at radius 1 is 1.12 bits per heavy atom. The highest BCUT2D eigenvalue weighted by atomic mass is 35.5. The molecule has 2 rings (SSSR count). The highest BCUT2D eigenvalue weighted by Crippen LogP contribution is 2.22. The summed E-state index contributed by atoms with van der Waals surface area (Å²) in [4.78, 5) is 11.8. The predicted octanol–water partition coefficient (Wildman–Crippen LogP) is 3.66. The normalized spacial score (nSPS) is 11.0. The standard InChI is InChI=1S/C18H19ClN2O3/c1-3-23-15-10-8-14(9-11-15)13(2)20-21-18(22)12-24-17-7-5-4-6-16(17)19/h4-11H,3,12H2,1-2H3,(H,21,22)/b20-13-. The molecule has 0 atom stereocenters. The fraction of sp³-hybridized carbons (Fsp3) is 0.222. The third kappa shape index (κ3) is 5.28. The Morgan fingerprint density at radius 2 is 1.83 bits per heavy atom. The van der Waals surface area contributed by atoms with Crippen LogP contribution in [0.25, 0.3) is 0 Å². The Kier molecular flexibility index (Phi) is 6.63. The van der Waals surface area contributed by atoms with Gasteiger partial charge in [0.25, 0.3) is 5.91 Å². The second-order valence-electron chi connectivity index (χ2n) is 4.91. The quantitative estimate of drug-likeness (QED) is 0.615. The van der Waals surface area contributed by atoms with E-state index in [1.165, 1.54) is 0 Å². The van der Waals surface area contributed by atoms with Gasteiger partial charge in [-0.3, -0.25) is 4.79 Å². The van der Waals surface area contributed by atoms with Gasteiger partial charge >= 0.3 is 0 Å². The summed E-state index contributed by atoms with van der Waals surface area (Å²) in [5, 5.41) is 4.53. The Morgan fingerprint density at radius 3 is 2.50 bits per heavy atom. The van der Waals surface area contributed by atoms with Crippen molar-refractivity contribution >= 4 is 23.2 Å². The van der Waals surface area contributed by atoms with Gasteiger partial charge in [0.1, 0.15) is 11.5 Å². The maximum absolute atomic E-state index is 11.8. The summed E-state index contributed by atoms with van der Waals surface area (Å²) in [6.07, 6.45) is 0. The lowest BCUT2D eigenvalue weighted by Crippen LogP contribution is -2.25.